The third-order valence-corrected chi connectivity index (χ3v) is 5.58. The van der Waals surface area contributed by atoms with Crippen LogP contribution in [0.2, 0.25) is 0 Å². The van der Waals surface area contributed by atoms with E-state index >= 15 is 0 Å². The maximum Gasteiger partial charge on any atom is 0.417 e. The van der Waals surface area contributed by atoms with Crippen molar-refractivity contribution < 1.29 is 21.6 Å². The van der Waals surface area contributed by atoms with Crippen LogP contribution in [0.5, 0.6) is 0 Å². The molecule has 0 amide bonds. The third-order valence-electron chi connectivity index (χ3n) is 2.59. The van der Waals surface area contributed by atoms with E-state index in [1.807, 2.05) is 0 Å². The standard InChI is InChI=1S/C11H12BrF3N2O2S2/c1-2-9(10(16)20)21(18,19)17-6-3-4-8(12)7(5-6)11(13,14)15/h3-5,9,17H,2H2,1H3,(H2,16,20). The smallest absolute Gasteiger partial charge is 0.392 e. The van der Waals surface area contributed by atoms with E-state index in [-0.39, 0.29) is 21.6 Å². The van der Waals surface area contributed by atoms with E-state index in [9.17, 15) is 21.6 Å². The van der Waals surface area contributed by atoms with Gasteiger partial charge < -0.3 is 5.73 Å². The summed E-state index contributed by atoms with van der Waals surface area (Å²) in [5.74, 6) is 0. The van der Waals surface area contributed by atoms with Gasteiger partial charge in [0.2, 0.25) is 10.0 Å². The molecule has 0 aromatic heterocycles. The van der Waals surface area contributed by atoms with Gasteiger partial charge in [-0.1, -0.05) is 35.1 Å². The van der Waals surface area contributed by atoms with Crippen molar-refractivity contribution in [3.63, 3.8) is 0 Å². The molecule has 0 radical (unpaired) electrons. The van der Waals surface area contributed by atoms with Crippen LogP contribution < -0.4 is 10.5 Å². The number of nitrogens with one attached hydrogen (secondary N) is 1. The summed E-state index contributed by atoms with van der Waals surface area (Å²) in [5, 5.41) is -1.15. The fourth-order valence-electron chi connectivity index (χ4n) is 1.61. The molecule has 4 nitrogen and oxygen atoms in total. The summed E-state index contributed by atoms with van der Waals surface area (Å²) >= 11 is 7.43. The average molecular weight is 405 g/mol. The van der Waals surface area contributed by atoms with Crippen molar-refractivity contribution in [2.24, 2.45) is 5.73 Å². The van der Waals surface area contributed by atoms with Crippen molar-refractivity contribution >= 4 is 48.8 Å². The van der Waals surface area contributed by atoms with E-state index in [0.29, 0.717) is 6.07 Å². The number of halogens is 4. The third kappa shape index (κ3) is 4.55. The van der Waals surface area contributed by atoms with Crippen LogP contribution in [0.25, 0.3) is 0 Å². The van der Waals surface area contributed by atoms with Gasteiger partial charge in [0.25, 0.3) is 0 Å². The van der Waals surface area contributed by atoms with Gasteiger partial charge in [0.05, 0.1) is 10.6 Å². The van der Waals surface area contributed by atoms with Gasteiger partial charge in [0.15, 0.2) is 0 Å². The zero-order chi connectivity index (χ0) is 16.4. The number of anilines is 1. The van der Waals surface area contributed by atoms with Crippen molar-refractivity contribution in [2.45, 2.75) is 24.8 Å². The second-order valence-corrected chi connectivity index (χ2v) is 7.33. The fourth-order valence-corrected chi connectivity index (χ4v) is 3.98. The summed E-state index contributed by atoms with van der Waals surface area (Å²) in [6.45, 7) is 1.56. The van der Waals surface area contributed by atoms with Crippen molar-refractivity contribution in [1.29, 1.82) is 0 Å². The molecule has 0 aliphatic heterocycles. The molecule has 1 rings (SSSR count). The molecule has 1 unspecified atom stereocenters. The summed E-state index contributed by atoms with van der Waals surface area (Å²) in [5.41, 5.74) is 4.15. The molecule has 1 atom stereocenters. The topological polar surface area (TPSA) is 72.2 Å². The number of rotatable bonds is 5. The number of alkyl halides is 3. The Morgan fingerprint density at radius 1 is 1.48 bits per heavy atom. The van der Waals surface area contributed by atoms with Crippen LogP contribution in [0.3, 0.4) is 0 Å². The second-order valence-electron chi connectivity index (χ2n) is 4.14. The molecule has 118 valence electrons. The second kappa shape index (κ2) is 6.49. The minimum Gasteiger partial charge on any atom is -0.392 e. The van der Waals surface area contributed by atoms with E-state index in [4.69, 9.17) is 5.73 Å². The first-order valence-electron chi connectivity index (χ1n) is 5.66. The van der Waals surface area contributed by atoms with Gasteiger partial charge >= 0.3 is 6.18 Å². The predicted octanol–water partition coefficient (Wildman–Crippen LogP) is 3.27. The molecule has 1 aromatic rings. The zero-order valence-electron chi connectivity index (χ0n) is 10.7. The molecular formula is C11H12BrF3N2O2S2. The Morgan fingerprint density at radius 2 is 2.05 bits per heavy atom. The van der Waals surface area contributed by atoms with E-state index in [1.54, 1.807) is 6.92 Å². The van der Waals surface area contributed by atoms with Gasteiger partial charge in [-0.25, -0.2) is 8.42 Å². The highest BCUT2D eigenvalue weighted by Gasteiger charge is 2.34. The molecule has 0 spiro atoms. The lowest BCUT2D eigenvalue weighted by Crippen LogP contribution is -2.37. The maximum atomic E-state index is 12.8. The lowest BCUT2D eigenvalue weighted by molar-refractivity contribution is -0.138. The van der Waals surface area contributed by atoms with E-state index in [1.165, 1.54) is 6.07 Å². The molecule has 0 bridgehead atoms. The first kappa shape index (κ1) is 18.2. The predicted molar refractivity (Wildman–Crippen MR) is 82.6 cm³/mol. The van der Waals surface area contributed by atoms with Gasteiger partial charge in [-0.05, 0) is 24.6 Å². The lowest BCUT2D eigenvalue weighted by Gasteiger charge is -2.17. The number of thiocarbonyl (C=S) groups is 1. The molecule has 0 heterocycles. The Morgan fingerprint density at radius 3 is 2.48 bits per heavy atom. The highest BCUT2D eigenvalue weighted by molar-refractivity contribution is 9.10. The molecule has 0 saturated heterocycles. The molecule has 0 fully saturated rings. The zero-order valence-corrected chi connectivity index (χ0v) is 14.0. The summed E-state index contributed by atoms with van der Waals surface area (Å²) < 4.78 is 64.3. The first-order valence-corrected chi connectivity index (χ1v) is 8.41. The Kier molecular flexibility index (Phi) is 5.62. The number of hydrogen-bond donors (Lipinski definition) is 2. The number of sulfonamides is 1. The minimum absolute atomic E-state index is 0.118. The largest absolute Gasteiger partial charge is 0.417 e. The molecule has 1 aromatic carbocycles. The maximum absolute atomic E-state index is 12.8. The van der Waals surface area contributed by atoms with Crippen LogP contribution in [0.15, 0.2) is 22.7 Å². The number of benzene rings is 1. The Labute approximate surface area is 134 Å². The molecule has 21 heavy (non-hydrogen) atoms. The van der Waals surface area contributed by atoms with Crippen molar-refractivity contribution in [1.82, 2.24) is 0 Å². The molecule has 0 aliphatic carbocycles. The average Bonchev–Trinajstić information content (AvgIpc) is 2.29. The van der Waals surface area contributed by atoms with Crippen LogP contribution in [0, 0.1) is 0 Å². The van der Waals surface area contributed by atoms with Gasteiger partial charge in [-0.15, -0.1) is 0 Å². The quantitative estimate of drug-likeness (QED) is 0.738. The van der Waals surface area contributed by atoms with E-state index in [0.717, 1.165) is 6.07 Å². The Bertz CT molecular complexity index is 647. The molecular weight excluding hydrogens is 393 g/mol. The highest BCUT2D eigenvalue weighted by atomic mass is 79.9. The van der Waals surface area contributed by atoms with Gasteiger partial charge in [0, 0.05) is 10.2 Å². The Balaban J connectivity index is 3.17. The Hall–Kier alpha value is -0.870. The summed E-state index contributed by atoms with van der Waals surface area (Å²) in [4.78, 5) is -0.238. The van der Waals surface area contributed by atoms with Gasteiger partial charge in [0.1, 0.15) is 5.25 Å². The number of nitrogens with two attached hydrogens (primary N) is 1. The molecule has 0 aliphatic rings. The van der Waals surface area contributed by atoms with E-state index in [2.05, 4.69) is 32.9 Å². The summed E-state index contributed by atoms with van der Waals surface area (Å²) in [6.07, 6.45) is -4.49. The van der Waals surface area contributed by atoms with Crippen LogP contribution in [-0.4, -0.2) is 18.7 Å². The van der Waals surface area contributed by atoms with Crippen LogP contribution in [0.4, 0.5) is 18.9 Å². The lowest BCUT2D eigenvalue weighted by atomic mass is 10.2. The minimum atomic E-state index is -4.60. The molecule has 0 saturated carbocycles. The van der Waals surface area contributed by atoms with Gasteiger partial charge in [-0.3, -0.25) is 4.72 Å². The van der Waals surface area contributed by atoms with Crippen LogP contribution in [0.1, 0.15) is 18.9 Å². The van der Waals surface area contributed by atoms with Crippen molar-refractivity contribution in [3.8, 4) is 0 Å². The molecule has 10 heteroatoms. The van der Waals surface area contributed by atoms with E-state index < -0.39 is 27.0 Å². The monoisotopic (exact) mass is 404 g/mol. The van der Waals surface area contributed by atoms with Crippen molar-refractivity contribution in [3.05, 3.63) is 28.2 Å². The molecule has 3 N–H and O–H groups in total. The fraction of sp³-hybridized carbons (Fsp3) is 0.364. The van der Waals surface area contributed by atoms with Gasteiger partial charge in [-0.2, -0.15) is 13.2 Å². The summed E-state index contributed by atoms with van der Waals surface area (Å²) in [7, 11) is -4.00. The SMILES string of the molecule is CCC(C(N)=S)S(=O)(=O)Nc1ccc(Br)c(C(F)(F)F)c1. The van der Waals surface area contributed by atoms with Crippen LogP contribution >= 0.6 is 28.1 Å². The van der Waals surface area contributed by atoms with Crippen molar-refractivity contribution in [2.75, 3.05) is 4.72 Å². The normalized spacial score (nSPS) is 13.8. The van der Waals surface area contributed by atoms with Crippen LogP contribution in [-0.2, 0) is 16.2 Å². The number of hydrogen-bond acceptors (Lipinski definition) is 3. The summed E-state index contributed by atoms with van der Waals surface area (Å²) in [6, 6.07) is 3.03. The highest BCUT2D eigenvalue weighted by Crippen LogP contribution is 2.36. The first-order chi connectivity index (χ1) is 9.49.